The molecule has 6 nitrogen and oxygen atoms in total. The molecular formula is C22H29N3O3S. The molecule has 0 saturated carbocycles. The highest BCUT2D eigenvalue weighted by Crippen LogP contribution is 2.23. The van der Waals surface area contributed by atoms with E-state index in [0.29, 0.717) is 18.7 Å². The zero-order valence-corrected chi connectivity index (χ0v) is 18.1. The van der Waals surface area contributed by atoms with Gasteiger partial charge in [0, 0.05) is 32.7 Å². The molecule has 3 rings (SSSR count). The summed E-state index contributed by atoms with van der Waals surface area (Å²) in [6, 6.07) is 13.0. The highest BCUT2D eigenvalue weighted by molar-refractivity contribution is 7.89. The predicted octanol–water partition coefficient (Wildman–Crippen LogP) is 2.23. The Balaban J connectivity index is 1.93. The number of piperazine rings is 1. The van der Waals surface area contributed by atoms with Gasteiger partial charge in [0.05, 0.1) is 11.4 Å². The van der Waals surface area contributed by atoms with Crippen LogP contribution in [0.25, 0.3) is 0 Å². The first-order valence-electron chi connectivity index (χ1n) is 9.89. The van der Waals surface area contributed by atoms with Gasteiger partial charge in [0.15, 0.2) is 0 Å². The predicted molar refractivity (Wildman–Crippen MR) is 114 cm³/mol. The van der Waals surface area contributed by atoms with Crippen molar-refractivity contribution in [1.29, 1.82) is 0 Å². The Morgan fingerprint density at radius 1 is 1.03 bits per heavy atom. The number of nitrogens with one attached hydrogen (secondary N) is 1. The molecule has 1 saturated heterocycles. The van der Waals surface area contributed by atoms with Crippen molar-refractivity contribution in [3.63, 3.8) is 0 Å². The third-order valence-electron chi connectivity index (χ3n) is 5.17. The molecule has 0 aliphatic carbocycles. The van der Waals surface area contributed by atoms with Gasteiger partial charge in [-0.25, -0.2) is 8.42 Å². The number of sulfonamides is 1. The second-order valence-corrected chi connectivity index (χ2v) is 9.57. The van der Waals surface area contributed by atoms with Crippen LogP contribution >= 0.6 is 0 Å². The zero-order chi connectivity index (χ0) is 21.0. The van der Waals surface area contributed by atoms with Crippen LogP contribution in [0.2, 0.25) is 0 Å². The fourth-order valence-electron chi connectivity index (χ4n) is 3.63. The quantitative estimate of drug-likeness (QED) is 0.786. The van der Waals surface area contributed by atoms with Gasteiger partial charge in [-0.05, 0) is 38.0 Å². The third kappa shape index (κ3) is 5.23. The minimum Gasteiger partial charge on any atom is -0.339 e. The average molecular weight is 416 g/mol. The first-order valence-corrected chi connectivity index (χ1v) is 11.3. The van der Waals surface area contributed by atoms with Crippen molar-refractivity contribution < 1.29 is 13.2 Å². The molecule has 7 heteroatoms. The van der Waals surface area contributed by atoms with Crippen molar-refractivity contribution in [2.45, 2.75) is 32.2 Å². The molecular weight excluding hydrogens is 386 g/mol. The number of hydrogen-bond acceptors (Lipinski definition) is 4. The number of carbonyl (C=O) groups is 1. The number of rotatable bonds is 6. The van der Waals surface area contributed by atoms with Crippen molar-refractivity contribution in [2.75, 3.05) is 32.7 Å². The Morgan fingerprint density at radius 2 is 1.72 bits per heavy atom. The van der Waals surface area contributed by atoms with Crippen LogP contribution in [0.5, 0.6) is 0 Å². The van der Waals surface area contributed by atoms with E-state index in [0.717, 1.165) is 29.8 Å². The van der Waals surface area contributed by atoms with Gasteiger partial charge in [0.2, 0.25) is 15.9 Å². The Morgan fingerprint density at radius 3 is 2.38 bits per heavy atom. The largest absolute Gasteiger partial charge is 0.339 e. The fraction of sp³-hybridized carbons (Fsp3) is 0.409. The number of benzene rings is 2. The van der Waals surface area contributed by atoms with Gasteiger partial charge in [0.1, 0.15) is 0 Å². The Hall–Kier alpha value is -2.22. The molecule has 156 valence electrons. The molecule has 0 aromatic heterocycles. The molecule has 1 heterocycles. The van der Waals surface area contributed by atoms with E-state index in [9.17, 15) is 13.2 Å². The molecule has 1 amide bonds. The number of nitrogens with zero attached hydrogens (tertiary/aromatic N) is 2. The van der Waals surface area contributed by atoms with E-state index in [4.69, 9.17) is 0 Å². The van der Waals surface area contributed by atoms with Gasteiger partial charge in [-0.1, -0.05) is 47.5 Å². The minimum absolute atomic E-state index is 0.160. The van der Waals surface area contributed by atoms with Crippen molar-refractivity contribution in [1.82, 2.24) is 14.5 Å². The van der Waals surface area contributed by atoms with E-state index < -0.39 is 10.0 Å². The van der Waals surface area contributed by atoms with Crippen LogP contribution in [-0.4, -0.2) is 56.3 Å². The van der Waals surface area contributed by atoms with E-state index in [1.54, 1.807) is 24.0 Å². The summed E-state index contributed by atoms with van der Waals surface area (Å²) in [6.07, 6.45) is 0. The van der Waals surface area contributed by atoms with Crippen LogP contribution in [0.1, 0.15) is 22.3 Å². The summed E-state index contributed by atoms with van der Waals surface area (Å²) in [4.78, 5) is 14.9. The third-order valence-corrected chi connectivity index (χ3v) is 7.12. The van der Waals surface area contributed by atoms with Crippen LogP contribution in [0.3, 0.4) is 0 Å². The summed E-state index contributed by atoms with van der Waals surface area (Å²) >= 11 is 0. The number of carbonyl (C=O) groups excluding carboxylic acids is 1. The molecule has 1 aliphatic rings. The van der Waals surface area contributed by atoms with Gasteiger partial charge >= 0.3 is 0 Å². The van der Waals surface area contributed by atoms with Gasteiger partial charge in [-0.15, -0.1) is 0 Å². The lowest BCUT2D eigenvalue weighted by atomic mass is 10.1. The summed E-state index contributed by atoms with van der Waals surface area (Å²) in [6.45, 7) is 8.35. The topological polar surface area (TPSA) is 69.7 Å². The van der Waals surface area contributed by atoms with Crippen molar-refractivity contribution >= 4 is 15.9 Å². The summed E-state index contributed by atoms with van der Waals surface area (Å²) < 4.78 is 28.3. The minimum atomic E-state index is -3.82. The Bertz CT molecular complexity index is 983. The first kappa shape index (κ1) is 21.5. The maximum atomic E-state index is 13.5. The van der Waals surface area contributed by atoms with Crippen LogP contribution in [0, 0.1) is 20.8 Å². The normalized spacial score (nSPS) is 15.0. The number of aryl methyl sites for hydroxylation is 3. The summed E-state index contributed by atoms with van der Waals surface area (Å²) in [7, 11) is -3.82. The fourth-order valence-corrected chi connectivity index (χ4v) is 5.22. The Labute approximate surface area is 173 Å². The molecule has 2 aromatic rings. The SMILES string of the molecule is Cc1cccc(CN(CC(=O)N2CCNCC2)S(=O)(=O)c2ccc(C)cc2C)c1. The first-order chi connectivity index (χ1) is 13.8. The maximum absolute atomic E-state index is 13.5. The lowest BCUT2D eigenvalue weighted by Gasteiger charge is -2.30. The monoisotopic (exact) mass is 415 g/mol. The van der Waals surface area contributed by atoms with Gasteiger partial charge in [0.25, 0.3) is 0 Å². The van der Waals surface area contributed by atoms with E-state index in [2.05, 4.69) is 5.32 Å². The highest BCUT2D eigenvalue weighted by Gasteiger charge is 2.30. The van der Waals surface area contributed by atoms with E-state index >= 15 is 0 Å². The molecule has 0 atom stereocenters. The summed E-state index contributed by atoms with van der Waals surface area (Å²) in [5, 5.41) is 3.21. The van der Waals surface area contributed by atoms with Crippen molar-refractivity contribution in [3.8, 4) is 0 Å². The van der Waals surface area contributed by atoms with Crippen LogP contribution in [0.4, 0.5) is 0 Å². The van der Waals surface area contributed by atoms with E-state index in [1.165, 1.54) is 4.31 Å². The highest BCUT2D eigenvalue weighted by atomic mass is 32.2. The molecule has 29 heavy (non-hydrogen) atoms. The molecule has 0 radical (unpaired) electrons. The molecule has 0 unspecified atom stereocenters. The summed E-state index contributed by atoms with van der Waals surface area (Å²) in [5.41, 5.74) is 3.61. The van der Waals surface area contributed by atoms with Gasteiger partial charge in [-0.2, -0.15) is 4.31 Å². The smallest absolute Gasteiger partial charge is 0.244 e. The lowest BCUT2D eigenvalue weighted by Crippen LogP contribution is -2.50. The van der Waals surface area contributed by atoms with E-state index in [-0.39, 0.29) is 23.9 Å². The zero-order valence-electron chi connectivity index (χ0n) is 17.3. The standard InChI is InChI=1S/C22H29N3O3S/c1-17-5-4-6-20(14-17)15-25(16-22(26)24-11-9-23-10-12-24)29(27,28)21-8-7-18(2)13-19(21)3/h4-8,13-14,23H,9-12,15-16H2,1-3H3. The van der Waals surface area contributed by atoms with Crippen molar-refractivity contribution in [2.24, 2.45) is 0 Å². The Kier molecular flexibility index (Phi) is 6.72. The molecule has 1 aliphatic heterocycles. The molecule has 1 N–H and O–H groups in total. The van der Waals surface area contributed by atoms with Crippen LogP contribution < -0.4 is 5.32 Å². The van der Waals surface area contributed by atoms with Crippen LogP contribution in [0.15, 0.2) is 47.4 Å². The maximum Gasteiger partial charge on any atom is 0.244 e. The van der Waals surface area contributed by atoms with Crippen LogP contribution in [-0.2, 0) is 21.4 Å². The molecule has 0 spiro atoms. The second kappa shape index (κ2) is 9.07. The lowest BCUT2D eigenvalue weighted by molar-refractivity contribution is -0.132. The molecule has 1 fully saturated rings. The average Bonchev–Trinajstić information content (AvgIpc) is 2.68. The summed E-state index contributed by atoms with van der Waals surface area (Å²) in [5.74, 6) is -0.160. The van der Waals surface area contributed by atoms with Crippen molar-refractivity contribution in [3.05, 3.63) is 64.7 Å². The molecule has 2 aromatic carbocycles. The van der Waals surface area contributed by atoms with Gasteiger partial charge < -0.3 is 10.2 Å². The molecule has 0 bridgehead atoms. The van der Waals surface area contributed by atoms with Gasteiger partial charge in [-0.3, -0.25) is 4.79 Å². The number of hydrogen-bond donors (Lipinski definition) is 1. The number of amides is 1. The van der Waals surface area contributed by atoms with E-state index in [1.807, 2.05) is 44.2 Å². The second-order valence-electron chi connectivity index (χ2n) is 7.66.